The van der Waals surface area contributed by atoms with Crippen LogP contribution in [-0.2, 0) is 10.5 Å². The summed E-state index contributed by atoms with van der Waals surface area (Å²) in [4.78, 5) is 33.5. The third kappa shape index (κ3) is 4.73. The number of nitrogens with zero attached hydrogens (tertiary/aromatic N) is 5. The molecule has 0 unspecified atom stereocenters. The maximum Gasteiger partial charge on any atom is 0.258 e. The van der Waals surface area contributed by atoms with E-state index in [1.165, 1.54) is 28.2 Å². The number of aryl methyl sites for hydroxylation is 1. The van der Waals surface area contributed by atoms with E-state index >= 15 is 0 Å². The number of nitrogens with two attached hydrogens (primary N) is 1. The number of aromatic nitrogens is 5. The van der Waals surface area contributed by atoms with Crippen molar-refractivity contribution in [1.82, 2.24) is 29.7 Å². The highest BCUT2D eigenvalue weighted by Crippen LogP contribution is 2.23. The van der Waals surface area contributed by atoms with E-state index in [1.54, 1.807) is 11.0 Å². The molecule has 2 aromatic heterocycles. The van der Waals surface area contributed by atoms with Gasteiger partial charge in [0, 0.05) is 13.1 Å². The van der Waals surface area contributed by atoms with Gasteiger partial charge in [-0.1, -0.05) is 35.7 Å². The van der Waals surface area contributed by atoms with Gasteiger partial charge in [-0.3, -0.25) is 9.59 Å². The normalized spacial score (nSPS) is 11.1. The summed E-state index contributed by atoms with van der Waals surface area (Å²) in [6, 6.07) is 5.51. The number of benzene rings is 1. The molecule has 11 heteroatoms. The van der Waals surface area contributed by atoms with Crippen molar-refractivity contribution in [2.75, 3.05) is 24.7 Å². The number of para-hydroxylation sites is 1. The van der Waals surface area contributed by atoms with Crippen molar-refractivity contribution >= 4 is 40.3 Å². The molecule has 0 aliphatic carbocycles. The van der Waals surface area contributed by atoms with Gasteiger partial charge in [-0.2, -0.15) is 0 Å². The summed E-state index contributed by atoms with van der Waals surface area (Å²) >= 11 is 2.57. The summed E-state index contributed by atoms with van der Waals surface area (Å²) in [6.45, 7) is 7.15. The first kappa shape index (κ1) is 21.2. The van der Waals surface area contributed by atoms with Gasteiger partial charge in [0.15, 0.2) is 0 Å². The monoisotopic (exact) mass is 433 g/mol. The Hall–Kier alpha value is -2.53. The summed E-state index contributed by atoms with van der Waals surface area (Å²) in [5.74, 6) is 7.28. The molecule has 0 radical (unpaired) electrons. The summed E-state index contributed by atoms with van der Waals surface area (Å²) in [5, 5.41) is 9.65. The quantitative estimate of drug-likeness (QED) is 0.407. The lowest BCUT2D eigenvalue weighted by Gasteiger charge is -2.17. The highest BCUT2D eigenvalue weighted by atomic mass is 32.2. The number of aromatic amines is 1. The van der Waals surface area contributed by atoms with Crippen molar-refractivity contribution in [1.29, 1.82) is 0 Å². The molecule has 3 aromatic rings. The minimum Gasteiger partial charge on any atom is -0.343 e. The number of hydrogen-bond donors (Lipinski definition) is 2. The van der Waals surface area contributed by atoms with Gasteiger partial charge in [0.05, 0.1) is 22.4 Å². The molecule has 29 heavy (non-hydrogen) atoms. The van der Waals surface area contributed by atoms with Crippen LogP contribution in [0.3, 0.4) is 0 Å². The number of carbonyl (C=O) groups excluding carboxylic acids is 1. The van der Waals surface area contributed by atoms with Gasteiger partial charge < -0.3 is 15.7 Å². The third-order valence-corrected chi connectivity index (χ3v) is 6.28. The number of H-pyrrole nitrogens is 1. The smallest absolute Gasteiger partial charge is 0.258 e. The van der Waals surface area contributed by atoms with Gasteiger partial charge in [0.1, 0.15) is 5.82 Å². The Bertz CT molecular complexity index is 1080. The van der Waals surface area contributed by atoms with E-state index in [0.717, 1.165) is 5.56 Å². The Morgan fingerprint density at radius 2 is 1.90 bits per heavy atom. The zero-order valence-corrected chi connectivity index (χ0v) is 18.1. The van der Waals surface area contributed by atoms with Gasteiger partial charge in [-0.25, -0.2) is 9.66 Å². The van der Waals surface area contributed by atoms with E-state index in [-0.39, 0.29) is 17.2 Å². The molecule has 3 N–H and O–H groups in total. The Morgan fingerprint density at radius 1 is 1.21 bits per heavy atom. The van der Waals surface area contributed by atoms with E-state index in [2.05, 4.69) is 20.2 Å². The molecule has 2 heterocycles. The van der Waals surface area contributed by atoms with Gasteiger partial charge in [0.25, 0.3) is 5.56 Å². The Balaban J connectivity index is 1.68. The van der Waals surface area contributed by atoms with Gasteiger partial charge >= 0.3 is 0 Å². The molecule has 0 fully saturated rings. The predicted octanol–water partition coefficient (Wildman–Crippen LogP) is 1.79. The molecule has 1 aromatic carbocycles. The molecule has 0 atom stereocenters. The Kier molecular flexibility index (Phi) is 6.80. The largest absolute Gasteiger partial charge is 0.343 e. The van der Waals surface area contributed by atoms with Crippen molar-refractivity contribution in [2.24, 2.45) is 0 Å². The van der Waals surface area contributed by atoms with Gasteiger partial charge in [0.2, 0.25) is 16.2 Å². The molecule has 0 saturated carbocycles. The van der Waals surface area contributed by atoms with Crippen LogP contribution in [0.15, 0.2) is 33.3 Å². The SMILES string of the molecule is CCN(CC)C(=O)CSc1nnc(SCc2nc3c(C)cccc3c(=O)[nH]2)n1N. The lowest BCUT2D eigenvalue weighted by atomic mass is 10.1. The molecule has 154 valence electrons. The van der Waals surface area contributed by atoms with Gasteiger partial charge in [-0.05, 0) is 32.4 Å². The van der Waals surface area contributed by atoms with Crippen LogP contribution in [0.1, 0.15) is 25.2 Å². The molecule has 0 saturated heterocycles. The summed E-state index contributed by atoms with van der Waals surface area (Å²) in [6.07, 6.45) is 0. The third-order valence-electron chi connectivity index (χ3n) is 4.40. The zero-order chi connectivity index (χ0) is 21.0. The lowest BCUT2D eigenvalue weighted by molar-refractivity contribution is -0.127. The molecule has 0 bridgehead atoms. The van der Waals surface area contributed by atoms with Crippen LogP contribution < -0.4 is 11.4 Å². The van der Waals surface area contributed by atoms with Crippen LogP contribution >= 0.6 is 23.5 Å². The standard InChI is InChI=1S/C18H23N7O2S2/c1-4-24(5-2)14(26)10-29-18-23-22-17(25(18)19)28-9-13-20-15-11(3)7-6-8-12(15)16(27)21-13/h6-8H,4-5,9-10,19H2,1-3H3,(H,20,21,27). The number of amides is 1. The number of nitrogens with one attached hydrogen (secondary N) is 1. The predicted molar refractivity (Wildman–Crippen MR) is 115 cm³/mol. The molecule has 3 rings (SSSR count). The van der Waals surface area contributed by atoms with E-state index in [4.69, 9.17) is 5.84 Å². The average molecular weight is 434 g/mol. The maximum atomic E-state index is 12.3. The molecule has 0 aliphatic rings. The number of hydrogen-bond acceptors (Lipinski definition) is 8. The second-order valence-corrected chi connectivity index (χ2v) is 8.15. The lowest BCUT2D eigenvalue weighted by Crippen LogP contribution is -2.32. The average Bonchev–Trinajstić information content (AvgIpc) is 3.06. The molecular formula is C18H23N7O2S2. The van der Waals surface area contributed by atoms with E-state index in [9.17, 15) is 9.59 Å². The first-order valence-corrected chi connectivity index (χ1v) is 11.1. The van der Waals surface area contributed by atoms with Crippen molar-refractivity contribution in [2.45, 2.75) is 36.8 Å². The van der Waals surface area contributed by atoms with Crippen LogP contribution in [0.2, 0.25) is 0 Å². The second-order valence-electron chi connectivity index (χ2n) is 6.26. The van der Waals surface area contributed by atoms with Crippen LogP contribution in [0, 0.1) is 6.92 Å². The van der Waals surface area contributed by atoms with Crippen LogP contribution in [0.5, 0.6) is 0 Å². The number of thioether (sulfide) groups is 2. The Morgan fingerprint density at radius 3 is 2.59 bits per heavy atom. The maximum absolute atomic E-state index is 12.3. The molecule has 0 aliphatic heterocycles. The van der Waals surface area contributed by atoms with Crippen LogP contribution in [-0.4, -0.2) is 54.5 Å². The minimum absolute atomic E-state index is 0.0329. The van der Waals surface area contributed by atoms with Crippen LogP contribution in [0.4, 0.5) is 0 Å². The van der Waals surface area contributed by atoms with E-state index in [0.29, 0.717) is 45.9 Å². The minimum atomic E-state index is -0.172. The molecule has 0 spiro atoms. The van der Waals surface area contributed by atoms with Crippen molar-refractivity contribution < 1.29 is 4.79 Å². The summed E-state index contributed by atoms with van der Waals surface area (Å²) < 4.78 is 1.36. The fourth-order valence-electron chi connectivity index (χ4n) is 2.81. The summed E-state index contributed by atoms with van der Waals surface area (Å²) in [5.41, 5.74) is 1.46. The van der Waals surface area contributed by atoms with E-state index < -0.39 is 0 Å². The second kappa shape index (κ2) is 9.31. The first-order valence-electron chi connectivity index (χ1n) is 9.17. The molecule has 9 nitrogen and oxygen atoms in total. The summed E-state index contributed by atoms with van der Waals surface area (Å²) in [7, 11) is 0. The number of rotatable bonds is 8. The molecular weight excluding hydrogens is 410 g/mol. The topological polar surface area (TPSA) is 123 Å². The van der Waals surface area contributed by atoms with Crippen molar-refractivity contribution in [3.8, 4) is 0 Å². The van der Waals surface area contributed by atoms with Crippen molar-refractivity contribution in [3.05, 3.63) is 39.9 Å². The number of carbonyl (C=O) groups is 1. The number of nitrogen functional groups attached to an aromatic ring is 1. The highest BCUT2D eigenvalue weighted by Gasteiger charge is 2.16. The van der Waals surface area contributed by atoms with Crippen molar-refractivity contribution in [3.63, 3.8) is 0 Å². The zero-order valence-electron chi connectivity index (χ0n) is 16.5. The highest BCUT2D eigenvalue weighted by molar-refractivity contribution is 8.00. The molecule has 1 amide bonds. The first-order chi connectivity index (χ1) is 13.9. The fraction of sp³-hybridized carbons (Fsp3) is 0.389. The van der Waals surface area contributed by atoms with Crippen LogP contribution in [0.25, 0.3) is 10.9 Å². The Labute approximate surface area is 176 Å². The fourth-order valence-corrected chi connectivity index (χ4v) is 4.35. The number of fused-ring (bicyclic) bond motifs is 1. The van der Waals surface area contributed by atoms with E-state index in [1.807, 2.05) is 32.9 Å². The van der Waals surface area contributed by atoms with Gasteiger partial charge in [-0.15, -0.1) is 10.2 Å².